The Morgan fingerprint density at radius 3 is 2.69 bits per heavy atom. The maximum atomic E-state index is 10.8. The summed E-state index contributed by atoms with van der Waals surface area (Å²) in [6, 6.07) is -0.740. The second kappa shape index (κ2) is 6.05. The van der Waals surface area contributed by atoms with Crippen molar-refractivity contribution < 1.29 is 19.5 Å². The van der Waals surface area contributed by atoms with Gasteiger partial charge in [-0.3, -0.25) is 9.59 Å². The topological polar surface area (TPSA) is 103 Å². The fourth-order valence-corrected chi connectivity index (χ4v) is 0.807. The molecule has 0 saturated carbocycles. The summed E-state index contributed by atoms with van der Waals surface area (Å²) in [5, 5.41) is 11.1. The highest BCUT2D eigenvalue weighted by molar-refractivity contribution is 6.25. The lowest BCUT2D eigenvalue weighted by atomic mass is 10.1. The number of carbonyl (C=O) groups excluding carboxylic acids is 1. The monoisotopic (exact) mass is 185 g/mol. The molecule has 0 rings (SSSR count). The summed E-state index contributed by atoms with van der Waals surface area (Å²) in [6.45, 7) is 0. The molecule has 0 amide bonds. The van der Waals surface area contributed by atoms with Gasteiger partial charge >= 0.3 is 12.2 Å². The number of hydrogen-bond donors (Lipinski definition) is 2. The lowest BCUT2D eigenvalue weighted by Gasteiger charge is -2.07. The number of ketones is 1. The van der Waals surface area contributed by atoms with Gasteiger partial charge in [-0.1, -0.05) is 0 Å². The summed E-state index contributed by atoms with van der Waals surface area (Å²) in [6.07, 6.45) is 0.979. The Kier molecular flexibility index (Phi) is 5.34. The van der Waals surface area contributed by atoms with E-state index in [-0.39, 0.29) is 12.8 Å². The number of rotatable bonds is 6. The number of nitrogens with one attached hydrogen (secondary N) is 1. The molecule has 1 atom stereocenters. The summed E-state index contributed by atoms with van der Waals surface area (Å²) in [5.41, 5.74) is 7.98. The van der Waals surface area contributed by atoms with Crippen LogP contribution in [-0.2, 0) is 9.59 Å². The Labute approximate surface area is 75.2 Å². The van der Waals surface area contributed by atoms with Crippen LogP contribution in [0, 0.1) is 0 Å². The van der Waals surface area contributed by atoms with E-state index in [4.69, 9.17) is 10.6 Å². The average molecular weight is 185 g/mol. The smallest absolute Gasteiger partial charge is 0.323 e. The molecule has 2 N–H and O–H groups in total. The molecular weight excluding hydrogens is 174 g/mol. The van der Waals surface area contributed by atoms with E-state index < -0.39 is 17.8 Å². The summed E-state index contributed by atoms with van der Waals surface area (Å²) >= 11 is 0. The molecule has 6 nitrogen and oxygen atoms in total. The van der Waals surface area contributed by atoms with Crippen LogP contribution >= 0.6 is 0 Å². The molecule has 0 unspecified atom stereocenters. The Morgan fingerprint density at radius 1 is 1.69 bits per heavy atom. The van der Waals surface area contributed by atoms with Crippen molar-refractivity contribution in [3.8, 4) is 0 Å². The Balaban J connectivity index is 3.92. The van der Waals surface area contributed by atoms with E-state index >= 15 is 0 Å². The van der Waals surface area contributed by atoms with Crippen LogP contribution in [0.4, 0.5) is 0 Å². The maximum absolute atomic E-state index is 10.8. The van der Waals surface area contributed by atoms with Crippen molar-refractivity contribution >= 4 is 18.0 Å². The maximum Gasteiger partial charge on any atom is 0.323 e. The van der Waals surface area contributed by atoms with Crippen LogP contribution in [0.3, 0.4) is 0 Å². The van der Waals surface area contributed by atoms with Gasteiger partial charge in [0, 0.05) is 6.42 Å². The third-order valence-corrected chi connectivity index (χ3v) is 1.53. The third-order valence-electron chi connectivity index (χ3n) is 1.53. The molecule has 0 spiro atoms. The molecule has 0 aliphatic heterocycles. The molecule has 0 heterocycles. The SMILES string of the molecule is CN[C@@H](CCC(=O)C=[N+]=[N-])C(=O)O. The molecule has 0 aliphatic carbocycles. The van der Waals surface area contributed by atoms with Crippen molar-refractivity contribution in [3.63, 3.8) is 0 Å². The van der Waals surface area contributed by atoms with Crippen LogP contribution in [0.1, 0.15) is 12.8 Å². The van der Waals surface area contributed by atoms with Gasteiger partial charge in [-0.25, -0.2) is 0 Å². The predicted molar refractivity (Wildman–Crippen MR) is 44.4 cm³/mol. The second-order valence-electron chi connectivity index (χ2n) is 2.43. The van der Waals surface area contributed by atoms with E-state index in [0.717, 1.165) is 6.21 Å². The van der Waals surface area contributed by atoms with Crippen LogP contribution in [-0.4, -0.2) is 41.0 Å². The summed E-state index contributed by atoms with van der Waals surface area (Å²) in [5.74, 6) is -1.40. The van der Waals surface area contributed by atoms with Gasteiger partial charge in [-0.15, -0.1) is 0 Å². The molecule has 0 aromatic carbocycles. The van der Waals surface area contributed by atoms with Crippen molar-refractivity contribution in [1.29, 1.82) is 0 Å². The zero-order valence-electron chi connectivity index (χ0n) is 7.23. The average Bonchev–Trinajstić information content (AvgIpc) is 2.05. The standard InChI is InChI=1S/C7H11N3O3/c1-9-6(7(12)13)3-2-5(11)4-10-8/h4,6,9H,2-3H2,1H3,(H,12,13)/t6-/m0/s1. The minimum atomic E-state index is -1.00. The Bertz CT molecular complexity index is 245. The van der Waals surface area contributed by atoms with Gasteiger partial charge in [0.15, 0.2) is 0 Å². The highest BCUT2D eigenvalue weighted by Crippen LogP contribution is 1.96. The van der Waals surface area contributed by atoms with E-state index in [1.807, 2.05) is 0 Å². The lowest BCUT2D eigenvalue weighted by molar-refractivity contribution is -0.139. The van der Waals surface area contributed by atoms with E-state index in [9.17, 15) is 9.59 Å². The van der Waals surface area contributed by atoms with E-state index in [0.29, 0.717) is 0 Å². The highest BCUT2D eigenvalue weighted by Gasteiger charge is 2.16. The molecule has 0 fully saturated rings. The molecule has 72 valence electrons. The molecule has 0 saturated heterocycles. The first kappa shape index (κ1) is 11.5. The minimum Gasteiger partial charge on any atom is -0.480 e. The fourth-order valence-electron chi connectivity index (χ4n) is 0.807. The van der Waals surface area contributed by atoms with Crippen molar-refractivity contribution in [2.75, 3.05) is 7.05 Å². The lowest BCUT2D eigenvalue weighted by Crippen LogP contribution is -2.34. The zero-order valence-corrected chi connectivity index (χ0v) is 7.23. The van der Waals surface area contributed by atoms with Gasteiger partial charge in [-0.05, 0) is 13.5 Å². The molecule has 0 bridgehead atoms. The normalized spacial score (nSPS) is 11.5. The Hall–Kier alpha value is -1.52. The minimum absolute atomic E-state index is 0.0435. The van der Waals surface area contributed by atoms with E-state index in [1.54, 1.807) is 0 Å². The second-order valence-corrected chi connectivity index (χ2v) is 2.43. The zero-order chi connectivity index (χ0) is 10.3. The van der Waals surface area contributed by atoms with Crippen LogP contribution in [0.25, 0.3) is 5.53 Å². The number of Topliss-reactive ketones (excluding diaryl/α,β-unsaturated/α-hetero) is 1. The van der Waals surface area contributed by atoms with E-state index in [1.165, 1.54) is 7.05 Å². The first-order valence-electron chi connectivity index (χ1n) is 3.72. The summed E-state index contributed by atoms with van der Waals surface area (Å²) in [7, 11) is 1.50. The van der Waals surface area contributed by atoms with Crippen LogP contribution in [0.5, 0.6) is 0 Å². The number of likely N-dealkylation sites (N-methyl/N-ethyl adjacent to an activating group) is 1. The first-order valence-corrected chi connectivity index (χ1v) is 3.72. The summed E-state index contributed by atoms with van der Waals surface area (Å²) < 4.78 is 0. The van der Waals surface area contributed by atoms with Gasteiger partial charge < -0.3 is 16.0 Å². The van der Waals surface area contributed by atoms with Gasteiger partial charge in [0.05, 0.1) is 0 Å². The number of hydrogen-bond acceptors (Lipinski definition) is 3. The number of carboxylic acid groups (broad SMARTS) is 1. The first-order chi connectivity index (χ1) is 6.11. The molecular formula is C7H11N3O3. The van der Waals surface area contributed by atoms with E-state index in [2.05, 4.69) is 10.1 Å². The number of aliphatic carboxylic acids is 1. The van der Waals surface area contributed by atoms with Gasteiger partial charge in [0.2, 0.25) is 5.78 Å². The number of nitrogens with zero attached hydrogens (tertiary/aromatic N) is 2. The molecule has 13 heavy (non-hydrogen) atoms. The summed E-state index contributed by atoms with van der Waals surface area (Å²) in [4.78, 5) is 23.7. The number of carboxylic acids is 1. The van der Waals surface area contributed by atoms with Gasteiger partial charge in [0.25, 0.3) is 0 Å². The highest BCUT2D eigenvalue weighted by atomic mass is 16.4. The molecule has 0 aliphatic rings. The molecule has 6 heteroatoms. The van der Waals surface area contributed by atoms with Crippen molar-refractivity contribution in [2.24, 2.45) is 0 Å². The molecule has 0 aromatic heterocycles. The van der Waals surface area contributed by atoms with Crippen molar-refractivity contribution in [2.45, 2.75) is 18.9 Å². The molecule has 0 radical (unpaired) electrons. The van der Waals surface area contributed by atoms with Crippen molar-refractivity contribution in [3.05, 3.63) is 5.53 Å². The van der Waals surface area contributed by atoms with Gasteiger partial charge in [0.1, 0.15) is 6.04 Å². The fraction of sp³-hybridized carbons (Fsp3) is 0.571. The van der Waals surface area contributed by atoms with Gasteiger partial charge in [-0.2, -0.15) is 4.79 Å². The van der Waals surface area contributed by atoms with Crippen LogP contribution in [0.2, 0.25) is 0 Å². The van der Waals surface area contributed by atoms with Crippen LogP contribution in [0.15, 0.2) is 0 Å². The van der Waals surface area contributed by atoms with Crippen LogP contribution < -0.4 is 5.32 Å². The largest absolute Gasteiger partial charge is 0.480 e. The predicted octanol–water partition coefficient (Wildman–Crippen LogP) is -0.691. The molecule has 0 aromatic rings. The quantitative estimate of drug-likeness (QED) is 0.324. The number of carbonyl (C=O) groups is 2. The third kappa shape index (κ3) is 4.84. The Morgan fingerprint density at radius 2 is 2.31 bits per heavy atom. The van der Waals surface area contributed by atoms with Crippen molar-refractivity contribution in [1.82, 2.24) is 5.32 Å².